The molecule has 1 aromatic rings. The zero-order valence-electron chi connectivity index (χ0n) is 11.2. The number of carbonyl (C=O) groups excluding carboxylic acids is 2. The first-order chi connectivity index (χ1) is 8.65. The molecule has 0 amide bonds. The molecule has 0 heterocycles. The molecule has 0 spiro atoms. The zero-order chi connectivity index (χ0) is 14.0. The lowest BCUT2D eigenvalue weighted by atomic mass is 9.96. The van der Waals surface area contributed by atoms with Crippen molar-refractivity contribution in [1.82, 2.24) is 0 Å². The summed E-state index contributed by atoms with van der Waals surface area (Å²) >= 11 is 0. The summed E-state index contributed by atoms with van der Waals surface area (Å²) in [6.07, 6.45) is 0.412. The van der Waals surface area contributed by atoms with Crippen LogP contribution >= 0.6 is 0 Å². The van der Waals surface area contributed by atoms with Crippen molar-refractivity contribution < 1.29 is 14.3 Å². The fourth-order valence-corrected chi connectivity index (χ4v) is 1.49. The van der Waals surface area contributed by atoms with Crippen LogP contribution in [0.2, 0.25) is 0 Å². The van der Waals surface area contributed by atoms with Crippen LogP contribution in [0.1, 0.15) is 19.4 Å². The molecule has 100 valence electrons. The van der Waals surface area contributed by atoms with E-state index in [-0.39, 0.29) is 5.78 Å². The lowest BCUT2D eigenvalue weighted by Gasteiger charge is -2.12. The maximum absolute atomic E-state index is 11.5. The Morgan fingerprint density at radius 1 is 1.22 bits per heavy atom. The van der Waals surface area contributed by atoms with Gasteiger partial charge in [0.2, 0.25) is 0 Å². The van der Waals surface area contributed by atoms with Crippen LogP contribution < -0.4 is 5.73 Å². The van der Waals surface area contributed by atoms with Crippen LogP contribution in [0.15, 0.2) is 30.3 Å². The molecule has 0 bridgehead atoms. The normalized spacial score (nSPS) is 10.9. The number of ketones is 1. The number of hydrogen-bond donors (Lipinski definition) is 1. The van der Waals surface area contributed by atoms with Crippen LogP contribution in [0.25, 0.3) is 0 Å². The average Bonchev–Trinajstić information content (AvgIpc) is 2.39. The molecule has 1 rings (SSSR count). The third-order valence-corrected chi connectivity index (χ3v) is 2.34. The smallest absolute Gasteiger partial charge is 0.316 e. The predicted octanol–water partition coefficient (Wildman–Crippen LogP) is 1.57. The van der Waals surface area contributed by atoms with Crippen molar-refractivity contribution in [2.45, 2.75) is 20.3 Å². The highest BCUT2D eigenvalue weighted by atomic mass is 16.5. The number of benzene rings is 1. The number of esters is 1. The molecule has 0 aliphatic rings. The van der Waals surface area contributed by atoms with Gasteiger partial charge in [-0.05, 0) is 32.9 Å². The Labute approximate surface area is 108 Å². The van der Waals surface area contributed by atoms with Gasteiger partial charge in [0, 0.05) is 0 Å². The molecule has 4 nitrogen and oxygen atoms in total. The van der Waals surface area contributed by atoms with E-state index in [0.717, 1.165) is 5.56 Å². The zero-order valence-corrected chi connectivity index (χ0v) is 11.2. The second-order valence-corrected chi connectivity index (χ2v) is 3.61. The van der Waals surface area contributed by atoms with Crippen LogP contribution in [0.3, 0.4) is 0 Å². The number of hydrogen-bond acceptors (Lipinski definition) is 4. The highest BCUT2D eigenvalue weighted by Crippen LogP contribution is 2.11. The van der Waals surface area contributed by atoms with Crippen molar-refractivity contribution in [3.63, 3.8) is 0 Å². The minimum atomic E-state index is -0.678. The van der Waals surface area contributed by atoms with Gasteiger partial charge in [0.15, 0.2) is 0 Å². The second kappa shape index (κ2) is 9.36. The van der Waals surface area contributed by atoms with E-state index in [9.17, 15) is 9.59 Å². The first-order valence-corrected chi connectivity index (χ1v) is 5.94. The SMILES string of the molecule is CCOC(=O)C(Cc1ccccc1)C(C)=O.CN. The van der Waals surface area contributed by atoms with Crippen molar-refractivity contribution >= 4 is 11.8 Å². The molecule has 0 saturated carbocycles. The van der Waals surface area contributed by atoms with Crippen LogP contribution in [0.4, 0.5) is 0 Å². The predicted molar refractivity (Wildman–Crippen MR) is 71.1 cm³/mol. The van der Waals surface area contributed by atoms with Gasteiger partial charge in [-0.25, -0.2) is 0 Å². The van der Waals surface area contributed by atoms with Gasteiger partial charge in [-0.3, -0.25) is 9.59 Å². The summed E-state index contributed by atoms with van der Waals surface area (Å²) in [6, 6.07) is 9.47. The van der Waals surface area contributed by atoms with Crippen LogP contribution in [0.5, 0.6) is 0 Å². The molecular weight excluding hydrogens is 230 g/mol. The van der Waals surface area contributed by atoms with E-state index < -0.39 is 11.9 Å². The maximum Gasteiger partial charge on any atom is 0.316 e. The van der Waals surface area contributed by atoms with Crippen molar-refractivity contribution in [1.29, 1.82) is 0 Å². The quantitative estimate of drug-likeness (QED) is 0.637. The molecule has 1 unspecified atom stereocenters. The van der Waals surface area contributed by atoms with Gasteiger partial charge in [-0.2, -0.15) is 0 Å². The molecule has 1 aromatic carbocycles. The minimum absolute atomic E-state index is 0.151. The molecule has 2 N–H and O–H groups in total. The molecule has 0 aliphatic heterocycles. The van der Waals surface area contributed by atoms with Crippen molar-refractivity contribution in [2.24, 2.45) is 11.7 Å². The number of rotatable bonds is 5. The topological polar surface area (TPSA) is 69.4 Å². The van der Waals surface area contributed by atoms with Gasteiger partial charge in [0.05, 0.1) is 6.61 Å². The number of ether oxygens (including phenoxy) is 1. The van der Waals surface area contributed by atoms with E-state index in [1.165, 1.54) is 14.0 Å². The van der Waals surface area contributed by atoms with Crippen LogP contribution in [-0.4, -0.2) is 25.4 Å². The summed E-state index contributed by atoms with van der Waals surface area (Å²) in [6.45, 7) is 3.46. The Morgan fingerprint density at radius 2 is 1.78 bits per heavy atom. The standard InChI is InChI=1S/C13H16O3.CH5N/c1-3-16-13(15)12(10(2)14)9-11-7-5-4-6-8-11;1-2/h4-8,12H,3,9H2,1-2H3;2H2,1H3. The first-order valence-electron chi connectivity index (χ1n) is 5.94. The monoisotopic (exact) mass is 251 g/mol. The van der Waals surface area contributed by atoms with Crippen molar-refractivity contribution in [3.05, 3.63) is 35.9 Å². The minimum Gasteiger partial charge on any atom is -0.465 e. The van der Waals surface area contributed by atoms with Gasteiger partial charge < -0.3 is 10.5 Å². The van der Waals surface area contributed by atoms with E-state index in [1.807, 2.05) is 30.3 Å². The third-order valence-electron chi connectivity index (χ3n) is 2.34. The Kier molecular flexibility index (Phi) is 8.49. The van der Waals surface area contributed by atoms with Gasteiger partial charge in [-0.15, -0.1) is 0 Å². The molecule has 0 radical (unpaired) electrons. The molecule has 4 heteroatoms. The molecule has 1 atom stereocenters. The second-order valence-electron chi connectivity index (χ2n) is 3.61. The van der Waals surface area contributed by atoms with Gasteiger partial charge >= 0.3 is 5.97 Å². The number of carbonyl (C=O) groups is 2. The average molecular weight is 251 g/mol. The summed E-state index contributed by atoms with van der Waals surface area (Å²) in [4.78, 5) is 22.9. The Balaban J connectivity index is 0.00000137. The summed E-state index contributed by atoms with van der Waals surface area (Å²) in [5.41, 5.74) is 5.47. The van der Waals surface area contributed by atoms with E-state index >= 15 is 0 Å². The first kappa shape index (κ1) is 16.3. The lowest BCUT2D eigenvalue weighted by Crippen LogP contribution is -2.26. The maximum atomic E-state index is 11.5. The Bertz CT molecular complexity index is 363. The highest BCUT2D eigenvalue weighted by molar-refractivity contribution is 5.97. The van der Waals surface area contributed by atoms with Crippen molar-refractivity contribution in [2.75, 3.05) is 13.7 Å². The molecular formula is C14H21NO3. The van der Waals surface area contributed by atoms with E-state index in [4.69, 9.17) is 4.74 Å². The fourth-order valence-electron chi connectivity index (χ4n) is 1.49. The summed E-state index contributed by atoms with van der Waals surface area (Å²) in [5.74, 6) is -1.26. The third kappa shape index (κ3) is 5.59. The summed E-state index contributed by atoms with van der Waals surface area (Å²) in [5, 5.41) is 0. The van der Waals surface area contributed by atoms with Crippen LogP contribution in [0, 0.1) is 5.92 Å². The summed E-state index contributed by atoms with van der Waals surface area (Å²) < 4.78 is 4.88. The molecule has 18 heavy (non-hydrogen) atoms. The lowest BCUT2D eigenvalue weighted by molar-refractivity contribution is -0.151. The highest BCUT2D eigenvalue weighted by Gasteiger charge is 2.24. The van der Waals surface area contributed by atoms with E-state index in [1.54, 1.807) is 6.92 Å². The Morgan fingerprint density at radius 3 is 2.22 bits per heavy atom. The Hall–Kier alpha value is -1.68. The molecule has 0 saturated heterocycles. The van der Waals surface area contributed by atoms with E-state index in [2.05, 4.69) is 5.73 Å². The van der Waals surface area contributed by atoms with Gasteiger partial charge in [0.25, 0.3) is 0 Å². The molecule has 0 fully saturated rings. The van der Waals surface area contributed by atoms with E-state index in [0.29, 0.717) is 13.0 Å². The molecule has 0 aliphatic carbocycles. The largest absolute Gasteiger partial charge is 0.465 e. The number of Topliss-reactive ketones (excluding diaryl/α,β-unsaturated/α-hetero) is 1. The van der Waals surface area contributed by atoms with Gasteiger partial charge in [0.1, 0.15) is 11.7 Å². The van der Waals surface area contributed by atoms with Gasteiger partial charge in [-0.1, -0.05) is 30.3 Å². The van der Waals surface area contributed by atoms with Crippen LogP contribution in [-0.2, 0) is 20.7 Å². The number of nitrogens with two attached hydrogens (primary N) is 1. The fraction of sp³-hybridized carbons (Fsp3) is 0.429. The molecule has 0 aromatic heterocycles. The summed E-state index contributed by atoms with van der Waals surface area (Å²) in [7, 11) is 1.50. The van der Waals surface area contributed by atoms with Crippen molar-refractivity contribution in [3.8, 4) is 0 Å².